The van der Waals surface area contributed by atoms with Crippen LogP contribution in [-0.4, -0.2) is 21.4 Å². The molecule has 2 N–H and O–H groups in total. The summed E-state index contributed by atoms with van der Waals surface area (Å²) in [6.07, 6.45) is 3.41. The van der Waals surface area contributed by atoms with Crippen LogP contribution < -0.4 is 10.5 Å². The zero-order chi connectivity index (χ0) is 13.9. The highest BCUT2D eigenvalue weighted by atomic mass is 16.5. The molecule has 0 saturated heterocycles. The second kappa shape index (κ2) is 5.21. The molecule has 1 aromatic carbocycles. The molecule has 0 radical (unpaired) electrons. The van der Waals surface area contributed by atoms with E-state index in [4.69, 9.17) is 10.5 Å². The molecule has 3 aromatic rings. The molecule has 0 bridgehead atoms. The molecule has 0 fully saturated rings. The normalized spacial score (nSPS) is 10.8. The SMILES string of the molecule is Cc1ccc2cccc(OCCn3cc(N)cn3)c2n1. The Hall–Kier alpha value is -2.56. The van der Waals surface area contributed by atoms with Gasteiger partial charge in [0.15, 0.2) is 0 Å². The predicted octanol–water partition coefficient (Wildman–Crippen LogP) is 2.40. The molecule has 0 aliphatic carbocycles. The van der Waals surface area contributed by atoms with Gasteiger partial charge in [-0.25, -0.2) is 4.98 Å². The number of rotatable bonds is 4. The Balaban J connectivity index is 1.75. The van der Waals surface area contributed by atoms with Crippen LogP contribution in [0.25, 0.3) is 10.9 Å². The van der Waals surface area contributed by atoms with E-state index in [1.54, 1.807) is 17.1 Å². The summed E-state index contributed by atoms with van der Waals surface area (Å²) < 4.78 is 7.59. The van der Waals surface area contributed by atoms with E-state index in [0.717, 1.165) is 22.3 Å². The Bertz CT molecular complexity index is 736. The summed E-state index contributed by atoms with van der Waals surface area (Å²) in [6.45, 7) is 3.15. The van der Waals surface area contributed by atoms with Crippen molar-refractivity contribution in [3.05, 3.63) is 48.4 Å². The van der Waals surface area contributed by atoms with Crippen molar-refractivity contribution in [1.29, 1.82) is 0 Å². The van der Waals surface area contributed by atoms with E-state index in [-0.39, 0.29) is 0 Å². The molecule has 2 aromatic heterocycles. The highest BCUT2D eigenvalue weighted by Gasteiger charge is 2.04. The molecule has 3 rings (SSSR count). The van der Waals surface area contributed by atoms with Crippen molar-refractivity contribution in [3.8, 4) is 5.75 Å². The van der Waals surface area contributed by atoms with Crippen molar-refractivity contribution < 1.29 is 4.74 Å². The summed E-state index contributed by atoms with van der Waals surface area (Å²) in [6, 6.07) is 9.99. The molecule has 102 valence electrons. The lowest BCUT2D eigenvalue weighted by atomic mass is 10.2. The summed E-state index contributed by atoms with van der Waals surface area (Å²) in [5.74, 6) is 0.798. The first-order valence-corrected chi connectivity index (χ1v) is 6.49. The van der Waals surface area contributed by atoms with Crippen molar-refractivity contribution in [3.63, 3.8) is 0 Å². The second-order valence-electron chi connectivity index (χ2n) is 4.67. The van der Waals surface area contributed by atoms with Gasteiger partial charge in [-0.1, -0.05) is 18.2 Å². The number of ether oxygens (including phenoxy) is 1. The second-order valence-corrected chi connectivity index (χ2v) is 4.67. The Kier molecular flexibility index (Phi) is 3.25. The minimum absolute atomic E-state index is 0.524. The molecular weight excluding hydrogens is 252 g/mol. The molecule has 0 unspecified atom stereocenters. The molecule has 0 atom stereocenters. The van der Waals surface area contributed by atoms with E-state index in [1.165, 1.54) is 0 Å². The number of hydrogen-bond donors (Lipinski definition) is 1. The molecule has 5 nitrogen and oxygen atoms in total. The zero-order valence-corrected chi connectivity index (χ0v) is 11.3. The zero-order valence-electron chi connectivity index (χ0n) is 11.3. The van der Waals surface area contributed by atoms with Gasteiger partial charge in [-0.3, -0.25) is 4.68 Å². The van der Waals surface area contributed by atoms with Gasteiger partial charge in [0.25, 0.3) is 0 Å². The van der Waals surface area contributed by atoms with E-state index in [0.29, 0.717) is 18.8 Å². The van der Waals surface area contributed by atoms with Crippen LogP contribution in [0.15, 0.2) is 42.7 Å². The van der Waals surface area contributed by atoms with Crippen molar-refractivity contribution >= 4 is 16.6 Å². The summed E-state index contributed by atoms with van der Waals surface area (Å²) in [7, 11) is 0. The van der Waals surface area contributed by atoms with Gasteiger partial charge in [0.2, 0.25) is 0 Å². The van der Waals surface area contributed by atoms with Gasteiger partial charge in [-0.15, -0.1) is 0 Å². The summed E-state index contributed by atoms with van der Waals surface area (Å²) in [5.41, 5.74) is 8.15. The molecule has 0 aliphatic rings. The first kappa shape index (κ1) is 12.5. The largest absolute Gasteiger partial charge is 0.489 e. The van der Waals surface area contributed by atoms with Crippen molar-refractivity contribution in [1.82, 2.24) is 14.8 Å². The Morgan fingerprint density at radius 3 is 2.95 bits per heavy atom. The smallest absolute Gasteiger partial charge is 0.145 e. The maximum atomic E-state index is 5.82. The fourth-order valence-electron chi connectivity index (χ4n) is 2.08. The number of hydrogen-bond acceptors (Lipinski definition) is 4. The first-order chi connectivity index (χ1) is 9.72. The number of para-hydroxylation sites is 1. The Morgan fingerprint density at radius 2 is 2.15 bits per heavy atom. The molecule has 0 aliphatic heterocycles. The number of aryl methyl sites for hydroxylation is 1. The van der Waals surface area contributed by atoms with E-state index < -0.39 is 0 Å². The number of fused-ring (bicyclic) bond motifs is 1. The number of anilines is 1. The summed E-state index contributed by atoms with van der Waals surface area (Å²) in [4.78, 5) is 4.54. The molecule has 2 heterocycles. The Labute approximate surface area is 117 Å². The van der Waals surface area contributed by atoms with Gasteiger partial charge in [0.05, 0.1) is 18.4 Å². The van der Waals surface area contributed by atoms with Crippen LogP contribution in [0.5, 0.6) is 5.75 Å². The summed E-state index contributed by atoms with van der Waals surface area (Å²) >= 11 is 0. The number of benzene rings is 1. The molecule has 20 heavy (non-hydrogen) atoms. The van der Waals surface area contributed by atoms with Gasteiger partial charge in [0.1, 0.15) is 17.9 Å². The van der Waals surface area contributed by atoms with Crippen LogP contribution in [-0.2, 0) is 6.54 Å². The van der Waals surface area contributed by atoms with Gasteiger partial charge in [-0.05, 0) is 19.1 Å². The summed E-state index contributed by atoms with van der Waals surface area (Å²) in [5, 5.41) is 5.20. The van der Waals surface area contributed by atoms with Crippen LogP contribution in [0, 0.1) is 6.92 Å². The highest BCUT2D eigenvalue weighted by Crippen LogP contribution is 2.23. The fraction of sp³-hybridized carbons (Fsp3) is 0.200. The van der Waals surface area contributed by atoms with Crippen LogP contribution in [0.1, 0.15) is 5.69 Å². The maximum Gasteiger partial charge on any atom is 0.145 e. The van der Waals surface area contributed by atoms with Crippen molar-refractivity contribution in [2.75, 3.05) is 12.3 Å². The number of nitrogen functional groups attached to an aromatic ring is 1. The van der Waals surface area contributed by atoms with Crippen LogP contribution in [0.3, 0.4) is 0 Å². The van der Waals surface area contributed by atoms with Gasteiger partial charge in [-0.2, -0.15) is 5.10 Å². The number of nitrogens with two attached hydrogens (primary N) is 1. The van der Waals surface area contributed by atoms with E-state index in [1.807, 2.05) is 31.2 Å². The lowest BCUT2D eigenvalue weighted by molar-refractivity contribution is 0.294. The third-order valence-corrected chi connectivity index (χ3v) is 3.05. The minimum Gasteiger partial charge on any atom is -0.489 e. The van der Waals surface area contributed by atoms with Gasteiger partial charge < -0.3 is 10.5 Å². The van der Waals surface area contributed by atoms with E-state index in [2.05, 4.69) is 16.1 Å². The van der Waals surface area contributed by atoms with Crippen molar-refractivity contribution in [2.45, 2.75) is 13.5 Å². The lowest BCUT2D eigenvalue weighted by Crippen LogP contribution is -2.08. The quantitative estimate of drug-likeness (QED) is 0.789. The van der Waals surface area contributed by atoms with Crippen LogP contribution in [0.2, 0.25) is 0 Å². The molecular formula is C15H16N4O. The number of aromatic nitrogens is 3. The van der Waals surface area contributed by atoms with E-state index in [9.17, 15) is 0 Å². The Morgan fingerprint density at radius 1 is 1.25 bits per heavy atom. The predicted molar refractivity (Wildman–Crippen MR) is 78.6 cm³/mol. The third kappa shape index (κ3) is 2.56. The van der Waals surface area contributed by atoms with E-state index >= 15 is 0 Å². The lowest BCUT2D eigenvalue weighted by Gasteiger charge is -2.09. The monoisotopic (exact) mass is 268 g/mol. The highest BCUT2D eigenvalue weighted by molar-refractivity contribution is 5.84. The van der Waals surface area contributed by atoms with Crippen molar-refractivity contribution in [2.24, 2.45) is 0 Å². The first-order valence-electron chi connectivity index (χ1n) is 6.49. The van der Waals surface area contributed by atoms with Crippen LogP contribution in [0.4, 0.5) is 5.69 Å². The number of pyridine rings is 1. The molecule has 0 amide bonds. The average molecular weight is 268 g/mol. The third-order valence-electron chi connectivity index (χ3n) is 3.05. The molecule has 0 spiro atoms. The molecule has 0 saturated carbocycles. The maximum absolute atomic E-state index is 5.82. The van der Waals surface area contributed by atoms with Gasteiger partial charge >= 0.3 is 0 Å². The standard InChI is InChI=1S/C15H16N4O/c1-11-5-6-12-3-2-4-14(15(12)18-11)20-8-7-19-10-13(16)9-17-19/h2-6,9-10H,7-8,16H2,1H3. The number of nitrogens with zero attached hydrogens (tertiary/aromatic N) is 3. The fourth-order valence-corrected chi connectivity index (χ4v) is 2.08. The minimum atomic E-state index is 0.524. The molecule has 5 heteroatoms. The van der Waals surface area contributed by atoms with Gasteiger partial charge in [0, 0.05) is 17.3 Å². The van der Waals surface area contributed by atoms with Crippen LogP contribution >= 0.6 is 0 Å². The topological polar surface area (TPSA) is 66.0 Å². The average Bonchev–Trinajstić information content (AvgIpc) is 2.85.